The van der Waals surface area contributed by atoms with Gasteiger partial charge in [0.05, 0.1) is 0 Å². The summed E-state index contributed by atoms with van der Waals surface area (Å²) in [5, 5.41) is 11.9. The zero-order valence-electron chi connectivity index (χ0n) is 18.0. The van der Waals surface area contributed by atoms with Crippen LogP contribution in [-0.2, 0) is 16.6 Å². The minimum atomic E-state index is 0.0487. The molecule has 1 aliphatic rings. The molecule has 0 atom stereocenters. The fourth-order valence-corrected chi connectivity index (χ4v) is 5.25. The first kappa shape index (κ1) is 21.7. The number of phenolic OH excluding ortho intramolecular Hbond substituents is 1. The summed E-state index contributed by atoms with van der Waals surface area (Å²) in [4.78, 5) is 0. The fourth-order valence-electron chi connectivity index (χ4n) is 3.94. The summed E-state index contributed by atoms with van der Waals surface area (Å²) in [6.45, 7) is 13.6. The highest BCUT2D eigenvalue weighted by atomic mass is 32.2. The highest BCUT2D eigenvalue weighted by Crippen LogP contribution is 2.43. The molecule has 1 saturated carbocycles. The van der Waals surface area contributed by atoms with E-state index in [1.54, 1.807) is 0 Å². The van der Waals surface area contributed by atoms with Crippen LogP contribution in [0.4, 0.5) is 0 Å². The van der Waals surface area contributed by atoms with Gasteiger partial charge in [0.1, 0.15) is 5.75 Å². The van der Waals surface area contributed by atoms with E-state index in [1.165, 1.54) is 44.1 Å². The van der Waals surface area contributed by atoms with Crippen molar-refractivity contribution in [3.63, 3.8) is 0 Å². The van der Waals surface area contributed by atoms with Crippen LogP contribution in [0.1, 0.15) is 110 Å². The molecule has 0 aromatic heterocycles. The lowest BCUT2D eigenvalue weighted by Crippen LogP contribution is -2.22. The van der Waals surface area contributed by atoms with E-state index in [9.17, 15) is 5.11 Å². The SMILES string of the molecule is CCC(C)(CC)c1cc(C(C)(C)C)cc(CSC2CCCCCC2)c1O. The molecule has 26 heavy (non-hydrogen) atoms. The van der Waals surface area contributed by atoms with Gasteiger partial charge in [-0.3, -0.25) is 0 Å². The van der Waals surface area contributed by atoms with Crippen molar-refractivity contribution in [3.05, 3.63) is 28.8 Å². The zero-order valence-corrected chi connectivity index (χ0v) is 18.8. The molecule has 0 saturated heterocycles. The second kappa shape index (κ2) is 9.04. The molecule has 1 aliphatic carbocycles. The van der Waals surface area contributed by atoms with Crippen molar-refractivity contribution in [1.82, 2.24) is 0 Å². The van der Waals surface area contributed by atoms with Crippen LogP contribution >= 0.6 is 11.8 Å². The molecule has 0 bridgehead atoms. The summed E-state index contributed by atoms with van der Waals surface area (Å²) in [7, 11) is 0. The Hall–Kier alpha value is -0.630. The topological polar surface area (TPSA) is 20.2 Å². The van der Waals surface area contributed by atoms with Crippen molar-refractivity contribution >= 4 is 11.8 Å². The molecule has 1 fully saturated rings. The Bertz CT molecular complexity index is 573. The van der Waals surface area contributed by atoms with E-state index in [-0.39, 0.29) is 10.8 Å². The second-order valence-electron chi connectivity index (χ2n) is 9.47. The number of hydrogen-bond acceptors (Lipinski definition) is 2. The maximum Gasteiger partial charge on any atom is 0.123 e. The Labute approximate surface area is 166 Å². The summed E-state index contributed by atoms with van der Waals surface area (Å²) in [6.07, 6.45) is 10.4. The van der Waals surface area contributed by atoms with E-state index in [0.717, 1.165) is 35.0 Å². The molecule has 0 spiro atoms. The summed E-state index contributed by atoms with van der Waals surface area (Å²) in [5.74, 6) is 1.50. The Balaban J connectivity index is 2.34. The van der Waals surface area contributed by atoms with Crippen LogP contribution in [0.3, 0.4) is 0 Å². The minimum Gasteiger partial charge on any atom is -0.507 e. The van der Waals surface area contributed by atoms with Gasteiger partial charge in [0.2, 0.25) is 0 Å². The van der Waals surface area contributed by atoms with Gasteiger partial charge in [-0.15, -0.1) is 0 Å². The average molecular weight is 377 g/mol. The zero-order chi connectivity index (χ0) is 19.4. The van der Waals surface area contributed by atoms with Crippen LogP contribution in [0, 0.1) is 0 Å². The first-order valence-electron chi connectivity index (χ1n) is 10.7. The monoisotopic (exact) mass is 376 g/mol. The normalized spacial score (nSPS) is 17.3. The molecule has 2 rings (SSSR count). The Kier molecular flexibility index (Phi) is 7.53. The van der Waals surface area contributed by atoms with E-state index in [1.807, 2.05) is 0 Å². The minimum absolute atomic E-state index is 0.0487. The van der Waals surface area contributed by atoms with Gasteiger partial charge in [-0.2, -0.15) is 11.8 Å². The largest absolute Gasteiger partial charge is 0.507 e. The quantitative estimate of drug-likeness (QED) is 0.513. The standard InChI is InChI=1S/C24H40OS/c1-7-24(6,8-2)21-16-19(23(3,4)5)15-18(22(21)25)17-26-20-13-11-9-10-12-14-20/h15-16,20,25H,7-14,17H2,1-6H3. The number of phenols is 1. The van der Waals surface area contributed by atoms with Crippen molar-refractivity contribution < 1.29 is 5.11 Å². The van der Waals surface area contributed by atoms with Crippen molar-refractivity contribution in [2.45, 2.75) is 115 Å². The highest BCUT2D eigenvalue weighted by Gasteiger charge is 2.29. The van der Waals surface area contributed by atoms with Crippen molar-refractivity contribution in [3.8, 4) is 5.75 Å². The molecular weight excluding hydrogens is 336 g/mol. The van der Waals surface area contributed by atoms with Crippen molar-refractivity contribution in [2.24, 2.45) is 0 Å². The van der Waals surface area contributed by atoms with Crippen molar-refractivity contribution in [2.75, 3.05) is 0 Å². The number of thioether (sulfide) groups is 1. The van der Waals surface area contributed by atoms with E-state index < -0.39 is 0 Å². The van der Waals surface area contributed by atoms with Gasteiger partial charge in [0.25, 0.3) is 0 Å². The Morgan fingerprint density at radius 1 is 0.962 bits per heavy atom. The maximum atomic E-state index is 11.1. The van der Waals surface area contributed by atoms with Gasteiger partial charge in [0, 0.05) is 22.1 Å². The number of aromatic hydroxyl groups is 1. The predicted octanol–water partition coefficient (Wildman–Crippen LogP) is 7.72. The van der Waals surface area contributed by atoms with E-state index in [2.05, 4.69) is 65.4 Å². The predicted molar refractivity (Wildman–Crippen MR) is 118 cm³/mol. The van der Waals surface area contributed by atoms with E-state index in [4.69, 9.17) is 0 Å². The molecule has 0 heterocycles. The van der Waals surface area contributed by atoms with Gasteiger partial charge in [-0.25, -0.2) is 0 Å². The van der Waals surface area contributed by atoms with Gasteiger partial charge in [-0.05, 0) is 42.1 Å². The fraction of sp³-hybridized carbons (Fsp3) is 0.750. The number of hydrogen-bond donors (Lipinski definition) is 1. The molecule has 1 aromatic carbocycles. The first-order chi connectivity index (χ1) is 12.2. The molecule has 1 nitrogen and oxygen atoms in total. The summed E-state index contributed by atoms with van der Waals surface area (Å²) in [6, 6.07) is 4.55. The van der Waals surface area contributed by atoms with Crippen LogP contribution < -0.4 is 0 Å². The molecular formula is C24H40OS. The van der Waals surface area contributed by atoms with Crippen LogP contribution in [0.5, 0.6) is 5.75 Å². The smallest absolute Gasteiger partial charge is 0.123 e. The molecule has 1 aromatic rings. The van der Waals surface area contributed by atoms with Crippen LogP contribution in [0.15, 0.2) is 12.1 Å². The first-order valence-corrected chi connectivity index (χ1v) is 11.7. The average Bonchev–Trinajstić information content (AvgIpc) is 2.88. The third-order valence-electron chi connectivity index (χ3n) is 6.54. The third kappa shape index (κ3) is 5.21. The lowest BCUT2D eigenvalue weighted by atomic mass is 9.74. The van der Waals surface area contributed by atoms with Crippen LogP contribution in [-0.4, -0.2) is 10.4 Å². The molecule has 0 unspecified atom stereocenters. The Morgan fingerprint density at radius 2 is 1.54 bits per heavy atom. The summed E-state index contributed by atoms with van der Waals surface area (Å²) < 4.78 is 0. The highest BCUT2D eigenvalue weighted by molar-refractivity contribution is 7.99. The molecule has 0 amide bonds. The third-order valence-corrected chi connectivity index (χ3v) is 7.96. The number of benzene rings is 1. The molecule has 0 aliphatic heterocycles. The van der Waals surface area contributed by atoms with Gasteiger partial charge in [0.15, 0.2) is 0 Å². The summed E-state index contributed by atoms with van der Waals surface area (Å²) in [5.41, 5.74) is 3.82. The van der Waals surface area contributed by atoms with E-state index >= 15 is 0 Å². The maximum absolute atomic E-state index is 11.1. The second-order valence-corrected chi connectivity index (χ2v) is 10.8. The van der Waals surface area contributed by atoms with Gasteiger partial charge >= 0.3 is 0 Å². The van der Waals surface area contributed by atoms with Crippen LogP contribution in [0.25, 0.3) is 0 Å². The van der Waals surface area contributed by atoms with E-state index in [0.29, 0.717) is 5.75 Å². The lowest BCUT2D eigenvalue weighted by Gasteiger charge is -2.32. The number of rotatable bonds is 6. The van der Waals surface area contributed by atoms with Crippen molar-refractivity contribution in [1.29, 1.82) is 0 Å². The molecule has 2 heteroatoms. The molecule has 148 valence electrons. The summed E-state index contributed by atoms with van der Waals surface area (Å²) >= 11 is 2.07. The lowest BCUT2D eigenvalue weighted by molar-refractivity contribution is 0.394. The van der Waals surface area contributed by atoms with Crippen LogP contribution in [0.2, 0.25) is 0 Å². The molecule has 0 radical (unpaired) electrons. The van der Waals surface area contributed by atoms with Gasteiger partial charge < -0.3 is 5.11 Å². The van der Waals surface area contributed by atoms with Gasteiger partial charge in [-0.1, -0.05) is 79.4 Å². The Morgan fingerprint density at radius 3 is 2.04 bits per heavy atom. The molecule has 1 N–H and O–H groups in total.